The number of hydrogen-bond donors (Lipinski definition) is 0. The van der Waals surface area contributed by atoms with E-state index in [2.05, 4.69) is 23.6 Å². The normalized spacial score (nSPS) is 12.8. The maximum atomic E-state index is 13.9. The largest absolute Gasteiger partial charge is 0.493 e. The van der Waals surface area contributed by atoms with Crippen molar-refractivity contribution in [1.29, 1.82) is 0 Å². The minimum Gasteiger partial charge on any atom is -0.493 e. The summed E-state index contributed by atoms with van der Waals surface area (Å²) in [6.07, 6.45) is 4.04. The van der Waals surface area contributed by atoms with Gasteiger partial charge in [0.05, 0.1) is 36.6 Å². The van der Waals surface area contributed by atoms with Crippen LogP contribution in [-0.2, 0) is 13.1 Å². The Morgan fingerprint density at radius 3 is 2.51 bits per heavy atom. The van der Waals surface area contributed by atoms with Crippen LogP contribution in [0.5, 0.6) is 5.75 Å². The molecule has 5 aromatic rings. The molecule has 1 amide bonds. The number of para-hydroxylation sites is 1. The number of amides is 1. The molecule has 0 saturated carbocycles. The highest BCUT2D eigenvalue weighted by Gasteiger charge is 2.33. The molecule has 3 aromatic carbocycles. The van der Waals surface area contributed by atoms with E-state index < -0.39 is 0 Å². The van der Waals surface area contributed by atoms with Gasteiger partial charge in [-0.15, -0.1) is 0 Å². The second kappa shape index (κ2) is 8.47. The lowest BCUT2D eigenvalue weighted by Crippen LogP contribution is -2.27. The van der Waals surface area contributed by atoms with Gasteiger partial charge in [-0.25, -0.2) is 4.68 Å². The molecule has 1 aliphatic rings. The molecule has 6 rings (SSSR count). The van der Waals surface area contributed by atoms with Crippen LogP contribution in [0.4, 0.5) is 0 Å². The molecular formula is C29H26N4O2. The monoisotopic (exact) mass is 462 g/mol. The van der Waals surface area contributed by atoms with Crippen molar-refractivity contribution >= 4 is 16.7 Å². The maximum Gasteiger partial charge on any atom is 0.258 e. The van der Waals surface area contributed by atoms with Crippen LogP contribution in [-0.4, -0.2) is 31.8 Å². The van der Waals surface area contributed by atoms with Crippen molar-refractivity contribution in [1.82, 2.24) is 19.2 Å². The summed E-state index contributed by atoms with van der Waals surface area (Å²) in [5.41, 5.74) is 4.78. The van der Waals surface area contributed by atoms with Gasteiger partial charge in [-0.1, -0.05) is 48.5 Å². The molecule has 0 aliphatic carbocycles. The Labute approximate surface area is 204 Å². The summed E-state index contributed by atoms with van der Waals surface area (Å²) < 4.78 is 9.97. The Kier molecular flexibility index (Phi) is 5.14. The molecule has 3 heterocycles. The predicted octanol–water partition coefficient (Wildman–Crippen LogP) is 5.68. The molecule has 0 atom stereocenters. The Balaban J connectivity index is 1.43. The average molecular weight is 463 g/mol. The Morgan fingerprint density at radius 1 is 0.943 bits per heavy atom. The fourth-order valence-electron chi connectivity index (χ4n) is 4.96. The zero-order chi connectivity index (χ0) is 23.9. The minimum absolute atomic E-state index is 0.0378. The van der Waals surface area contributed by atoms with Crippen LogP contribution in [0.15, 0.2) is 85.2 Å². The van der Waals surface area contributed by atoms with Gasteiger partial charge in [0.2, 0.25) is 0 Å². The van der Waals surface area contributed by atoms with Crippen LogP contribution in [0.1, 0.15) is 34.1 Å². The van der Waals surface area contributed by atoms with Crippen molar-refractivity contribution in [3.8, 4) is 17.3 Å². The number of carbonyl (C=O) groups excluding carboxylic acids is 1. The second-order valence-electron chi connectivity index (χ2n) is 8.79. The van der Waals surface area contributed by atoms with Crippen molar-refractivity contribution < 1.29 is 9.53 Å². The second-order valence-corrected chi connectivity index (χ2v) is 8.79. The summed E-state index contributed by atoms with van der Waals surface area (Å²) in [4.78, 5) is 15.8. The summed E-state index contributed by atoms with van der Waals surface area (Å²) in [7, 11) is 0. The molecular weight excluding hydrogens is 436 g/mol. The topological polar surface area (TPSA) is 52.3 Å². The number of hydrogen-bond acceptors (Lipinski definition) is 3. The van der Waals surface area contributed by atoms with Crippen LogP contribution >= 0.6 is 0 Å². The van der Waals surface area contributed by atoms with Crippen molar-refractivity contribution in [2.75, 3.05) is 6.61 Å². The molecule has 174 valence electrons. The molecule has 0 fully saturated rings. The van der Waals surface area contributed by atoms with Crippen molar-refractivity contribution in [2.24, 2.45) is 0 Å². The first-order valence-electron chi connectivity index (χ1n) is 11.9. The van der Waals surface area contributed by atoms with E-state index in [1.54, 1.807) is 0 Å². The summed E-state index contributed by atoms with van der Waals surface area (Å²) in [5.74, 6) is 1.55. The van der Waals surface area contributed by atoms with Crippen LogP contribution in [0.2, 0.25) is 0 Å². The Hall–Kier alpha value is -4.32. The van der Waals surface area contributed by atoms with E-state index in [9.17, 15) is 4.79 Å². The summed E-state index contributed by atoms with van der Waals surface area (Å²) >= 11 is 0. The maximum absolute atomic E-state index is 13.9. The molecule has 35 heavy (non-hydrogen) atoms. The first-order valence-corrected chi connectivity index (χ1v) is 11.9. The Morgan fingerprint density at radius 2 is 1.71 bits per heavy atom. The van der Waals surface area contributed by atoms with Crippen molar-refractivity contribution in [3.63, 3.8) is 0 Å². The lowest BCUT2D eigenvalue weighted by Gasteiger charge is -2.21. The first-order chi connectivity index (χ1) is 17.2. The van der Waals surface area contributed by atoms with E-state index >= 15 is 0 Å². The van der Waals surface area contributed by atoms with Crippen molar-refractivity contribution in [2.45, 2.75) is 26.9 Å². The fourth-order valence-corrected chi connectivity index (χ4v) is 4.96. The molecule has 0 radical (unpaired) electrons. The number of nitrogens with zero attached hydrogens (tertiary/aromatic N) is 4. The average Bonchev–Trinajstić information content (AvgIpc) is 3.60. The highest BCUT2D eigenvalue weighted by molar-refractivity contribution is 6.09. The number of carbonyl (C=O) groups is 1. The fraction of sp³-hybridized carbons (Fsp3) is 0.172. The third-order valence-electron chi connectivity index (χ3n) is 6.61. The summed E-state index contributed by atoms with van der Waals surface area (Å²) in [6, 6.07) is 24.1. The molecule has 0 saturated heterocycles. The van der Waals surface area contributed by atoms with Gasteiger partial charge in [0.25, 0.3) is 5.91 Å². The lowest BCUT2D eigenvalue weighted by atomic mass is 10.0. The van der Waals surface area contributed by atoms with Gasteiger partial charge < -0.3 is 14.2 Å². The third-order valence-corrected chi connectivity index (χ3v) is 6.61. The van der Waals surface area contributed by atoms with Gasteiger partial charge >= 0.3 is 0 Å². The van der Waals surface area contributed by atoms with Gasteiger partial charge in [-0.3, -0.25) is 4.79 Å². The quantitative estimate of drug-likeness (QED) is 0.338. The van der Waals surface area contributed by atoms with E-state index in [-0.39, 0.29) is 5.91 Å². The van der Waals surface area contributed by atoms with Crippen LogP contribution < -0.4 is 4.74 Å². The first kappa shape index (κ1) is 21.2. The van der Waals surface area contributed by atoms with E-state index in [0.29, 0.717) is 31.0 Å². The molecule has 0 spiro atoms. The zero-order valence-electron chi connectivity index (χ0n) is 19.8. The highest BCUT2D eigenvalue weighted by atomic mass is 16.5. The molecule has 1 aliphatic heterocycles. The minimum atomic E-state index is -0.0378. The van der Waals surface area contributed by atoms with E-state index in [4.69, 9.17) is 9.84 Å². The number of aryl methyl sites for hydroxylation is 1. The third kappa shape index (κ3) is 3.49. The summed E-state index contributed by atoms with van der Waals surface area (Å²) in [6.45, 7) is 5.47. The SMILES string of the molecule is CCOc1ccc2ccccc2c1C(=O)N1Cc2nn(-c3ccccc3C)c(-n3cccc3)c2C1. The number of benzene rings is 3. The van der Waals surface area contributed by atoms with Crippen molar-refractivity contribution in [3.05, 3.63) is 108 Å². The molecule has 6 heteroatoms. The van der Waals surface area contributed by atoms with Crippen LogP contribution in [0.3, 0.4) is 0 Å². The van der Waals surface area contributed by atoms with Gasteiger partial charge in [0.15, 0.2) is 0 Å². The Bertz CT molecular complexity index is 1550. The predicted molar refractivity (Wildman–Crippen MR) is 136 cm³/mol. The molecule has 0 bridgehead atoms. The molecule has 2 aromatic heterocycles. The zero-order valence-corrected chi connectivity index (χ0v) is 19.8. The summed E-state index contributed by atoms with van der Waals surface area (Å²) in [5, 5.41) is 6.92. The standard InChI is InChI=1S/C29H26N4O2/c1-3-35-26-15-14-21-11-5-6-12-22(21)27(26)29(34)32-18-23-24(19-32)30-33(25-13-7-4-10-20(25)2)28(23)31-16-8-9-17-31/h4-17H,3,18-19H2,1-2H3. The number of aromatic nitrogens is 3. The molecule has 6 nitrogen and oxygen atoms in total. The van der Waals surface area contributed by atoms with E-state index in [1.165, 1.54) is 0 Å². The van der Waals surface area contributed by atoms with Gasteiger partial charge in [0, 0.05) is 18.0 Å². The molecule has 0 unspecified atom stereocenters. The molecule has 0 N–H and O–H groups in total. The van der Waals surface area contributed by atoms with Gasteiger partial charge in [0.1, 0.15) is 11.6 Å². The van der Waals surface area contributed by atoms with Crippen LogP contribution in [0, 0.1) is 6.92 Å². The number of rotatable bonds is 5. The number of ether oxygens (including phenoxy) is 1. The van der Waals surface area contributed by atoms with E-state index in [1.807, 2.05) is 89.6 Å². The van der Waals surface area contributed by atoms with E-state index in [0.717, 1.165) is 39.1 Å². The number of fused-ring (bicyclic) bond motifs is 2. The smallest absolute Gasteiger partial charge is 0.258 e. The van der Waals surface area contributed by atoms with Gasteiger partial charge in [-0.05, 0) is 54.4 Å². The van der Waals surface area contributed by atoms with Crippen LogP contribution in [0.25, 0.3) is 22.3 Å². The highest BCUT2D eigenvalue weighted by Crippen LogP contribution is 2.35. The lowest BCUT2D eigenvalue weighted by molar-refractivity contribution is 0.0747. The van der Waals surface area contributed by atoms with Gasteiger partial charge in [-0.2, -0.15) is 5.10 Å².